The molecule has 6 heteroatoms. The molecule has 1 unspecified atom stereocenters. The fourth-order valence-corrected chi connectivity index (χ4v) is 1.62. The summed E-state index contributed by atoms with van der Waals surface area (Å²) in [6.07, 6.45) is 0. The van der Waals surface area contributed by atoms with E-state index in [4.69, 9.17) is 4.55 Å². The Morgan fingerprint density at radius 2 is 2.15 bits per heavy atom. The Labute approximate surface area is 77.6 Å². The quantitative estimate of drug-likeness (QED) is 0.483. The van der Waals surface area contributed by atoms with E-state index in [-0.39, 0.29) is 11.7 Å². The molecule has 0 heterocycles. The van der Waals surface area contributed by atoms with E-state index in [9.17, 15) is 13.2 Å². The van der Waals surface area contributed by atoms with Gasteiger partial charge in [-0.2, -0.15) is 8.42 Å². The fourth-order valence-electron chi connectivity index (χ4n) is 0.782. The number of carbonyl (C=O) groups excluding carboxylic acids is 1. The molecule has 5 nitrogen and oxygen atoms in total. The van der Waals surface area contributed by atoms with E-state index in [1.165, 1.54) is 6.92 Å². The van der Waals surface area contributed by atoms with Gasteiger partial charge in [-0.15, -0.1) is 0 Å². The van der Waals surface area contributed by atoms with Crippen molar-refractivity contribution >= 4 is 16.1 Å². The van der Waals surface area contributed by atoms with Crippen LogP contribution < -0.4 is 5.32 Å². The van der Waals surface area contributed by atoms with Crippen molar-refractivity contribution in [3.8, 4) is 0 Å². The van der Waals surface area contributed by atoms with Crippen LogP contribution >= 0.6 is 0 Å². The van der Waals surface area contributed by atoms with E-state index in [0.717, 1.165) is 0 Å². The lowest BCUT2D eigenvalue weighted by Crippen LogP contribution is -2.25. The Morgan fingerprint density at radius 3 is 2.54 bits per heavy atom. The van der Waals surface area contributed by atoms with Crippen LogP contribution in [0.1, 0.15) is 13.8 Å². The molecule has 0 aromatic heterocycles. The smallest absolute Gasteiger partial charge is 0.265 e. The molecule has 0 aromatic carbocycles. The molecule has 0 aromatic rings. The topological polar surface area (TPSA) is 83.5 Å². The highest BCUT2D eigenvalue weighted by molar-refractivity contribution is 7.85. The molecule has 0 spiro atoms. The Kier molecular flexibility index (Phi) is 4.69. The Balaban J connectivity index is 3.90. The molecule has 1 atom stereocenters. The third-order valence-corrected chi connectivity index (χ3v) is 2.35. The third-order valence-electron chi connectivity index (χ3n) is 1.36. The standard InChI is InChI=1S/C7H13NO4S/c1-6(5-13(10,11)12)3-8-7(2)4-9/h6,8H,3,5H2,1-2H3,(H,10,11,12). The molecule has 0 amide bonds. The van der Waals surface area contributed by atoms with Crippen LogP contribution in [-0.2, 0) is 14.9 Å². The van der Waals surface area contributed by atoms with Crippen LogP contribution in [0, 0.1) is 5.92 Å². The molecule has 2 N–H and O–H groups in total. The summed E-state index contributed by atoms with van der Waals surface area (Å²) in [6, 6.07) is 0. The maximum Gasteiger partial charge on any atom is 0.265 e. The normalized spacial score (nSPS) is 13.2. The summed E-state index contributed by atoms with van der Waals surface area (Å²) < 4.78 is 29.3. The molecule has 0 aliphatic carbocycles. The molecular weight excluding hydrogens is 194 g/mol. The van der Waals surface area contributed by atoms with Gasteiger partial charge in [-0.05, 0) is 12.8 Å². The predicted octanol–water partition coefficient (Wildman–Crippen LogP) is -0.165. The van der Waals surface area contributed by atoms with Crippen LogP contribution in [0.5, 0.6) is 0 Å². The number of hydrogen-bond acceptors (Lipinski definition) is 4. The lowest BCUT2D eigenvalue weighted by atomic mass is 10.2. The van der Waals surface area contributed by atoms with Crippen molar-refractivity contribution in [3.05, 3.63) is 5.70 Å². The van der Waals surface area contributed by atoms with Gasteiger partial charge in [0.25, 0.3) is 10.1 Å². The zero-order chi connectivity index (χ0) is 10.5. The van der Waals surface area contributed by atoms with Crippen molar-refractivity contribution < 1.29 is 17.8 Å². The van der Waals surface area contributed by atoms with Crippen molar-refractivity contribution in [2.24, 2.45) is 5.92 Å². The van der Waals surface area contributed by atoms with E-state index in [1.54, 1.807) is 12.9 Å². The van der Waals surface area contributed by atoms with Crippen LogP contribution in [0.15, 0.2) is 5.70 Å². The highest BCUT2D eigenvalue weighted by Gasteiger charge is 2.11. The number of nitrogens with one attached hydrogen (secondary N) is 1. The van der Waals surface area contributed by atoms with Crippen molar-refractivity contribution in [1.29, 1.82) is 0 Å². The van der Waals surface area contributed by atoms with Gasteiger partial charge in [-0.3, -0.25) is 4.55 Å². The molecule has 0 rings (SSSR count). The minimum absolute atomic E-state index is 0.252. The predicted molar refractivity (Wildman–Crippen MR) is 48.5 cm³/mol. The van der Waals surface area contributed by atoms with E-state index in [2.05, 4.69) is 5.32 Å². The number of allylic oxidation sites excluding steroid dienone is 1. The summed E-state index contributed by atoms with van der Waals surface area (Å²) in [5, 5.41) is 2.67. The zero-order valence-corrected chi connectivity index (χ0v) is 8.39. The van der Waals surface area contributed by atoms with Gasteiger partial charge in [-0.1, -0.05) is 6.92 Å². The fraction of sp³-hybridized carbons (Fsp3) is 0.714. The maximum atomic E-state index is 10.4. The van der Waals surface area contributed by atoms with Gasteiger partial charge in [0.15, 0.2) is 0 Å². The molecule has 0 fully saturated rings. The average molecular weight is 207 g/mol. The second-order valence-electron chi connectivity index (χ2n) is 2.96. The van der Waals surface area contributed by atoms with Crippen molar-refractivity contribution in [3.63, 3.8) is 0 Å². The van der Waals surface area contributed by atoms with Crippen molar-refractivity contribution in [2.45, 2.75) is 13.8 Å². The molecule has 0 aliphatic rings. The highest BCUT2D eigenvalue weighted by Crippen LogP contribution is 1.98. The monoisotopic (exact) mass is 207 g/mol. The van der Waals surface area contributed by atoms with Gasteiger partial charge >= 0.3 is 0 Å². The van der Waals surface area contributed by atoms with E-state index < -0.39 is 10.1 Å². The van der Waals surface area contributed by atoms with Gasteiger partial charge < -0.3 is 5.32 Å². The lowest BCUT2D eigenvalue weighted by Gasteiger charge is -2.09. The summed E-state index contributed by atoms with van der Waals surface area (Å²) in [4.78, 5) is 10.0. The first-order valence-electron chi connectivity index (χ1n) is 3.76. The van der Waals surface area contributed by atoms with Crippen LogP contribution in [0.3, 0.4) is 0 Å². The molecule has 0 saturated carbocycles. The summed E-state index contributed by atoms with van der Waals surface area (Å²) in [5.41, 5.74) is 0.321. The molecule has 0 radical (unpaired) electrons. The van der Waals surface area contributed by atoms with Gasteiger partial charge in [0.2, 0.25) is 0 Å². The first-order valence-corrected chi connectivity index (χ1v) is 5.37. The van der Waals surface area contributed by atoms with Crippen LogP contribution in [0.2, 0.25) is 0 Å². The van der Waals surface area contributed by atoms with Crippen LogP contribution in [0.4, 0.5) is 0 Å². The lowest BCUT2D eigenvalue weighted by molar-refractivity contribution is 0.466. The largest absolute Gasteiger partial charge is 0.379 e. The minimum Gasteiger partial charge on any atom is -0.379 e. The van der Waals surface area contributed by atoms with Gasteiger partial charge in [-0.25, -0.2) is 4.79 Å². The first-order chi connectivity index (χ1) is 5.85. The van der Waals surface area contributed by atoms with Crippen molar-refractivity contribution in [1.82, 2.24) is 5.32 Å². The molecular formula is C7H13NO4S. The van der Waals surface area contributed by atoms with E-state index in [1.807, 2.05) is 0 Å². The van der Waals surface area contributed by atoms with Gasteiger partial charge in [0.1, 0.15) is 5.94 Å². The maximum absolute atomic E-state index is 10.4. The molecule has 0 bridgehead atoms. The summed E-state index contributed by atoms with van der Waals surface area (Å²) >= 11 is 0. The minimum atomic E-state index is -3.93. The average Bonchev–Trinajstić information content (AvgIpc) is 1.97. The summed E-state index contributed by atoms with van der Waals surface area (Å²) in [5.74, 6) is 1.06. The molecule has 76 valence electrons. The van der Waals surface area contributed by atoms with E-state index in [0.29, 0.717) is 12.2 Å². The molecule has 13 heavy (non-hydrogen) atoms. The SMILES string of the molecule is CC(=C=O)NCC(C)CS(=O)(=O)O. The molecule has 0 saturated heterocycles. The van der Waals surface area contributed by atoms with Gasteiger partial charge in [0.05, 0.1) is 11.4 Å². The Bertz CT molecular complexity index is 302. The summed E-state index contributed by atoms with van der Waals surface area (Å²) in [7, 11) is -3.93. The van der Waals surface area contributed by atoms with Crippen LogP contribution in [0.25, 0.3) is 0 Å². The van der Waals surface area contributed by atoms with Crippen molar-refractivity contribution in [2.75, 3.05) is 12.3 Å². The summed E-state index contributed by atoms with van der Waals surface area (Å²) in [6.45, 7) is 3.51. The first kappa shape index (κ1) is 12.2. The zero-order valence-electron chi connectivity index (χ0n) is 7.57. The second-order valence-corrected chi connectivity index (χ2v) is 4.46. The Morgan fingerprint density at radius 1 is 1.62 bits per heavy atom. The second kappa shape index (κ2) is 5.01. The third kappa shape index (κ3) is 7.52. The van der Waals surface area contributed by atoms with Gasteiger partial charge in [0, 0.05) is 6.54 Å². The highest BCUT2D eigenvalue weighted by atomic mass is 32.2. The Hall–Kier alpha value is -0.840. The number of hydrogen-bond donors (Lipinski definition) is 2. The molecule has 0 aliphatic heterocycles. The van der Waals surface area contributed by atoms with E-state index >= 15 is 0 Å². The number of rotatable bonds is 5. The van der Waals surface area contributed by atoms with Crippen LogP contribution in [-0.4, -0.2) is 31.2 Å².